The van der Waals surface area contributed by atoms with Gasteiger partial charge in [-0.25, -0.2) is 0 Å². The first-order valence-electron chi connectivity index (χ1n) is 9.70. The van der Waals surface area contributed by atoms with Gasteiger partial charge in [-0.3, -0.25) is 15.0 Å². The van der Waals surface area contributed by atoms with Crippen LogP contribution in [0.15, 0.2) is 77.7 Å². The smallest absolute Gasteiger partial charge is 0.241 e. The molecule has 1 N–H and O–H groups in total. The SMILES string of the molecule is CN(Cc1nc(-c2cccnc2)no1)Cc1cn[nH]c1-c1cccc2ccccc12. The number of benzene rings is 2. The molecule has 7 nitrogen and oxygen atoms in total. The van der Waals surface area contributed by atoms with E-state index in [4.69, 9.17) is 4.52 Å². The van der Waals surface area contributed by atoms with Crippen molar-refractivity contribution < 1.29 is 4.52 Å². The molecule has 0 fully saturated rings. The molecule has 0 aliphatic heterocycles. The summed E-state index contributed by atoms with van der Waals surface area (Å²) in [5.41, 5.74) is 4.12. The van der Waals surface area contributed by atoms with Gasteiger partial charge >= 0.3 is 0 Å². The van der Waals surface area contributed by atoms with Crippen molar-refractivity contribution in [1.29, 1.82) is 0 Å². The number of nitrogens with zero attached hydrogens (tertiary/aromatic N) is 5. The molecule has 0 aliphatic carbocycles. The third kappa shape index (κ3) is 3.58. The Balaban J connectivity index is 1.35. The highest BCUT2D eigenvalue weighted by Gasteiger charge is 2.15. The minimum absolute atomic E-state index is 0.535. The molecule has 0 spiro atoms. The number of hydrogen-bond donors (Lipinski definition) is 1. The number of rotatable bonds is 6. The third-order valence-electron chi connectivity index (χ3n) is 5.01. The number of pyridine rings is 1. The highest BCUT2D eigenvalue weighted by molar-refractivity contribution is 5.96. The highest BCUT2D eigenvalue weighted by Crippen LogP contribution is 2.30. The zero-order valence-corrected chi connectivity index (χ0v) is 16.5. The minimum atomic E-state index is 0.535. The van der Waals surface area contributed by atoms with Crippen LogP contribution in [0.2, 0.25) is 0 Å². The van der Waals surface area contributed by atoms with Gasteiger partial charge in [0, 0.05) is 35.6 Å². The molecule has 3 aromatic heterocycles. The van der Waals surface area contributed by atoms with Gasteiger partial charge < -0.3 is 4.52 Å². The lowest BCUT2D eigenvalue weighted by atomic mass is 10.00. The van der Waals surface area contributed by atoms with Gasteiger partial charge in [-0.05, 0) is 30.0 Å². The van der Waals surface area contributed by atoms with Gasteiger partial charge in [-0.1, -0.05) is 47.6 Å². The van der Waals surface area contributed by atoms with Gasteiger partial charge in [0.05, 0.1) is 18.4 Å². The average molecular weight is 396 g/mol. The van der Waals surface area contributed by atoms with Crippen LogP contribution in [0.5, 0.6) is 0 Å². The van der Waals surface area contributed by atoms with E-state index in [0.29, 0.717) is 24.8 Å². The molecule has 0 radical (unpaired) electrons. The van der Waals surface area contributed by atoms with Crippen LogP contribution in [0.4, 0.5) is 0 Å². The van der Waals surface area contributed by atoms with Crippen LogP contribution < -0.4 is 0 Å². The van der Waals surface area contributed by atoms with Crippen molar-refractivity contribution in [2.24, 2.45) is 0 Å². The van der Waals surface area contributed by atoms with E-state index < -0.39 is 0 Å². The van der Waals surface area contributed by atoms with Crippen molar-refractivity contribution >= 4 is 10.8 Å². The van der Waals surface area contributed by atoms with E-state index in [1.165, 1.54) is 10.8 Å². The van der Waals surface area contributed by atoms with Crippen molar-refractivity contribution in [3.8, 4) is 22.6 Å². The fourth-order valence-electron chi connectivity index (χ4n) is 3.62. The van der Waals surface area contributed by atoms with Crippen molar-refractivity contribution in [3.63, 3.8) is 0 Å². The number of aromatic amines is 1. The fraction of sp³-hybridized carbons (Fsp3) is 0.130. The number of fused-ring (bicyclic) bond motifs is 1. The second-order valence-electron chi connectivity index (χ2n) is 7.22. The first-order chi connectivity index (χ1) is 14.8. The number of H-pyrrole nitrogens is 1. The van der Waals surface area contributed by atoms with Gasteiger partial charge in [0.15, 0.2) is 0 Å². The van der Waals surface area contributed by atoms with Crippen LogP contribution in [-0.4, -0.2) is 37.3 Å². The van der Waals surface area contributed by atoms with Crippen molar-refractivity contribution in [1.82, 2.24) is 30.2 Å². The zero-order valence-electron chi connectivity index (χ0n) is 16.5. The first kappa shape index (κ1) is 18.2. The molecule has 0 amide bonds. The van der Waals surface area contributed by atoms with Crippen LogP contribution >= 0.6 is 0 Å². The average Bonchev–Trinajstić information content (AvgIpc) is 3.43. The largest absolute Gasteiger partial charge is 0.338 e. The molecule has 7 heteroatoms. The quantitative estimate of drug-likeness (QED) is 0.460. The van der Waals surface area contributed by atoms with E-state index in [1.807, 2.05) is 25.4 Å². The molecule has 0 aliphatic rings. The number of hydrogen-bond acceptors (Lipinski definition) is 6. The van der Waals surface area contributed by atoms with E-state index in [9.17, 15) is 0 Å². The Morgan fingerprint density at radius 2 is 1.87 bits per heavy atom. The summed E-state index contributed by atoms with van der Waals surface area (Å²) in [6.07, 6.45) is 5.32. The van der Waals surface area contributed by atoms with Gasteiger partial charge in [0.25, 0.3) is 0 Å². The molecule has 5 rings (SSSR count). The van der Waals surface area contributed by atoms with Crippen LogP contribution in [-0.2, 0) is 13.1 Å². The summed E-state index contributed by atoms with van der Waals surface area (Å²) in [7, 11) is 2.02. The Bertz CT molecular complexity index is 1270. The normalized spacial score (nSPS) is 11.4. The van der Waals surface area contributed by atoms with Gasteiger partial charge in [0.2, 0.25) is 11.7 Å². The molecular weight excluding hydrogens is 376 g/mol. The predicted octanol–water partition coefficient (Wildman–Crippen LogP) is 4.31. The van der Waals surface area contributed by atoms with Gasteiger partial charge in [-0.15, -0.1) is 0 Å². The lowest BCUT2D eigenvalue weighted by Gasteiger charge is -2.14. The Morgan fingerprint density at radius 1 is 0.967 bits per heavy atom. The summed E-state index contributed by atoms with van der Waals surface area (Å²) in [6, 6.07) is 18.5. The predicted molar refractivity (Wildman–Crippen MR) is 114 cm³/mol. The maximum Gasteiger partial charge on any atom is 0.241 e. The Hall–Kier alpha value is -3.84. The fourth-order valence-corrected chi connectivity index (χ4v) is 3.62. The van der Waals surface area contributed by atoms with Gasteiger partial charge in [-0.2, -0.15) is 10.1 Å². The van der Waals surface area contributed by atoms with E-state index in [0.717, 1.165) is 22.4 Å². The summed E-state index contributed by atoms with van der Waals surface area (Å²) in [6.45, 7) is 1.23. The van der Waals surface area contributed by atoms with Gasteiger partial charge in [0.1, 0.15) is 0 Å². The highest BCUT2D eigenvalue weighted by atomic mass is 16.5. The van der Waals surface area contributed by atoms with Crippen molar-refractivity contribution in [3.05, 3.63) is 84.6 Å². The summed E-state index contributed by atoms with van der Waals surface area (Å²) in [5, 5.41) is 13.9. The molecular formula is C23H20N6O. The van der Waals surface area contributed by atoms with Crippen molar-refractivity contribution in [2.45, 2.75) is 13.1 Å². The number of aromatic nitrogens is 5. The topological polar surface area (TPSA) is 83.7 Å². The molecule has 0 unspecified atom stereocenters. The maximum atomic E-state index is 5.43. The van der Waals surface area contributed by atoms with Crippen LogP contribution in [0.25, 0.3) is 33.4 Å². The summed E-state index contributed by atoms with van der Waals surface area (Å²) < 4.78 is 5.43. The van der Waals surface area contributed by atoms with Crippen LogP contribution in [0.1, 0.15) is 11.5 Å². The molecule has 30 heavy (non-hydrogen) atoms. The summed E-state index contributed by atoms with van der Waals surface area (Å²) in [4.78, 5) is 10.7. The Kier molecular flexibility index (Phi) is 4.78. The van der Waals surface area contributed by atoms with E-state index >= 15 is 0 Å². The molecule has 0 saturated carbocycles. The monoisotopic (exact) mass is 396 g/mol. The van der Waals surface area contributed by atoms with E-state index in [-0.39, 0.29) is 0 Å². The molecule has 5 aromatic rings. The Labute approximate surface area is 173 Å². The lowest BCUT2D eigenvalue weighted by molar-refractivity contribution is 0.261. The molecule has 0 atom stereocenters. The molecule has 148 valence electrons. The first-order valence-corrected chi connectivity index (χ1v) is 9.70. The molecule has 0 saturated heterocycles. The van der Waals surface area contributed by atoms with Crippen molar-refractivity contribution in [2.75, 3.05) is 7.05 Å². The van der Waals surface area contributed by atoms with E-state index in [1.54, 1.807) is 12.4 Å². The minimum Gasteiger partial charge on any atom is -0.338 e. The standard InChI is InChI=1S/C23H20N6O/c1-29(15-21-26-23(28-30-21)17-8-5-11-24-12-17)14-18-13-25-27-22(18)20-10-4-7-16-6-2-3-9-19(16)20/h2-13H,14-15H2,1H3,(H,25,27). The van der Waals surface area contributed by atoms with E-state index in [2.05, 4.69) is 72.7 Å². The second kappa shape index (κ2) is 7.88. The lowest BCUT2D eigenvalue weighted by Crippen LogP contribution is -2.17. The summed E-state index contributed by atoms with van der Waals surface area (Å²) in [5.74, 6) is 1.11. The zero-order chi connectivity index (χ0) is 20.3. The maximum absolute atomic E-state index is 5.43. The summed E-state index contributed by atoms with van der Waals surface area (Å²) >= 11 is 0. The van der Waals surface area contributed by atoms with Crippen LogP contribution in [0, 0.1) is 0 Å². The van der Waals surface area contributed by atoms with Crippen LogP contribution in [0.3, 0.4) is 0 Å². The molecule has 0 bridgehead atoms. The molecule has 2 aromatic carbocycles. The number of nitrogens with one attached hydrogen (secondary N) is 1. The molecule has 3 heterocycles. The second-order valence-corrected chi connectivity index (χ2v) is 7.22. The Morgan fingerprint density at radius 3 is 2.77 bits per heavy atom. The third-order valence-corrected chi connectivity index (χ3v) is 5.01.